The Labute approximate surface area is 180 Å². The fourth-order valence-electron chi connectivity index (χ4n) is 2.56. The fraction of sp³-hybridized carbons (Fsp3) is 0.0500. The van der Waals surface area contributed by atoms with Crippen LogP contribution in [0.4, 0.5) is 21.5 Å². The summed E-state index contributed by atoms with van der Waals surface area (Å²) in [6.45, 7) is 0.135. The summed E-state index contributed by atoms with van der Waals surface area (Å²) in [5.74, 6) is 0.0292. The van der Waals surface area contributed by atoms with E-state index < -0.39 is 21.2 Å². The van der Waals surface area contributed by atoms with Gasteiger partial charge in [-0.2, -0.15) is 5.10 Å². The van der Waals surface area contributed by atoms with Gasteiger partial charge in [-0.1, -0.05) is 23.7 Å². The molecule has 0 aliphatic heterocycles. The van der Waals surface area contributed by atoms with Crippen LogP contribution < -0.4 is 10.2 Å². The minimum atomic E-state index is -0.744. The molecular formula is C20H14ClFN4O5. The summed E-state index contributed by atoms with van der Waals surface area (Å²) in [7, 11) is 0. The summed E-state index contributed by atoms with van der Waals surface area (Å²) < 4.78 is 18.8. The molecule has 0 bridgehead atoms. The molecule has 158 valence electrons. The van der Waals surface area contributed by atoms with Crippen molar-refractivity contribution in [1.29, 1.82) is 0 Å². The Balaban J connectivity index is 1.67. The Morgan fingerprint density at radius 3 is 2.55 bits per heavy atom. The van der Waals surface area contributed by atoms with Crippen LogP contribution in [0.5, 0.6) is 5.75 Å². The third-order valence-corrected chi connectivity index (χ3v) is 4.32. The number of rotatable bonds is 8. The SMILES string of the molecule is O=[N+]([O-])c1ccc(N/N=C/c2ccc(OCc3cccc(F)c3)c(Cl)c2)c([N+](=O)[O-])c1. The highest BCUT2D eigenvalue weighted by Gasteiger charge is 2.19. The van der Waals surface area contributed by atoms with Crippen LogP contribution in [0.2, 0.25) is 5.02 Å². The van der Waals surface area contributed by atoms with Crippen molar-refractivity contribution in [2.75, 3.05) is 5.43 Å². The lowest BCUT2D eigenvalue weighted by Gasteiger charge is -2.09. The van der Waals surface area contributed by atoms with E-state index in [2.05, 4.69) is 10.5 Å². The molecule has 0 spiro atoms. The van der Waals surface area contributed by atoms with Gasteiger partial charge in [-0.15, -0.1) is 0 Å². The number of nitrogens with zero attached hydrogens (tertiary/aromatic N) is 3. The molecule has 0 amide bonds. The first-order chi connectivity index (χ1) is 14.8. The van der Waals surface area contributed by atoms with Gasteiger partial charge >= 0.3 is 5.69 Å². The van der Waals surface area contributed by atoms with E-state index in [9.17, 15) is 24.6 Å². The van der Waals surface area contributed by atoms with E-state index in [-0.39, 0.29) is 18.1 Å². The van der Waals surface area contributed by atoms with Crippen molar-refractivity contribution in [3.63, 3.8) is 0 Å². The number of benzene rings is 3. The summed E-state index contributed by atoms with van der Waals surface area (Å²) in [6, 6.07) is 14.0. The van der Waals surface area contributed by atoms with Crippen LogP contribution >= 0.6 is 11.6 Å². The molecule has 0 aromatic heterocycles. The first-order valence-electron chi connectivity index (χ1n) is 8.72. The predicted octanol–water partition coefficient (Wildman–Crippen LogP) is 5.32. The summed E-state index contributed by atoms with van der Waals surface area (Å²) in [5.41, 5.74) is 2.82. The van der Waals surface area contributed by atoms with Gasteiger partial charge in [0.1, 0.15) is 23.9 Å². The molecule has 0 fully saturated rings. The van der Waals surface area contributed by atoms with Crippen molar-refractivity contribution in [3.05, 3.63) is 103 Å². The van der Waals surface area contributed by atoms with E-state index in [1.54, 1.807) is 30.3 Å². The second-order valence-corrected chi connectivity index (χ2v) is 6.60. The molecule has 31 heavy (non-hydrogen) atoms. The monoisotopic (exact) mass is 444 g/mol. The van der Waals surface area contributed by atoms with Crippen molar-refractivity contribution in [2.45, 2.75) is 6.61 Å². The molecule has 0 unspecified atom stereocenters. The summed E-state index contributed by atoms with van der Waals surface area (Å²) in [5, 5.41) is 26.1. The van der Waals surface area contributed by atoms with Gasteiger partial charge in [0.05, 0.1) is 27.2 Å². The molecule has 0 aliphatic carbocycles. The molecule has 9 nitrogen and oxygen atoms in total. The fourth-order valence-corrected chi connectivity index (χ4v) is 2.80. The van der Waals surface area contributed by atoms with Crippen LogP contribution in [0.1, 0.15) is 11.1 Å². The molecule has 0 heterocycles. The van der Waals surface area contributed by atoms with Crippen LogP contribution in [0.25, 0.3) is 0 Å². The van der Waals surface area contributed by atoms with Crippen LogP contribution in [-0.4, -0.2) is 16.1 Å². The van der Waals surface area contributed by atoms with Crippen LogP contribution in [0, 0.1) is 26.0 Å². The summed E-state index contributed by atoms with van der Waals surface area (Å²) >= 11 is 6.20. The Morgan fingerprint density at radius 1 is 1.06 bits per heavy atom. The molecule has 0 saturated carbocycles. The van der Waals surface area contributed by atoms with E-state index >= 15 is 0 Å². The molecule has 0 saturated heterocycles. The Hall–Kier alpha value is -4.05. The lowest BCUT2D eigenvalue weighted by molar-refractivity contribution is -0.393. The third-order valence-electron chi connectivity index (χ3n) is 4.03. The molecule has 0 aliphatic rings. The number of anilines is 1. The van der Waals surface area contributed by atoms with Gasteiger partial charge in [0.25, 0.3) is 5.69 Å². The molecule has 3 aromatic carbocycles. The topological polar surface area (TPSA) is 120 Å². The number of ether oxygens (including phenoxy) is 1. The number of nitrogens with one attached hydrogen (secondary N) is 1. The summed E-state index contributed by atoms with van der Waals surface area (Å²) in [4.78, 5) is 20.4. The molecule has 3 aromatic rings. The molecule has 1 N–H and O–H groups in total. The highest BCUT2D eigenvalue weighted by atomic mass is 35.5. The van der Waals surface area contributed by atoms with Crippen molar-refractivity contribution < 1.29 is 19.0 Å². The minimum absolute atomic E-state index is 0.00649. The van der Waals surface area contributed by atoms with Crippen molar-refractivity contribution >= 4 is 34.9 Å². The standard InChI is InChI=1S/C20H14ClFN4O5/c21-17-9-13(4-7-20(17)31-12-14-2-1-3-15(22)8-14)11-23-24-18-6-5-16(25(27)28)10-19(18)26(29)30/h1-11,24H,12H2/b23-11+. The van der Waals surface area contributed by atoms with Gasteiger partial charge in [0.2, 0.25) is 0 Å². The Morgan fingerprint density at radius 2 is 1.87 bits per heavy atom. The average Bonchev–Trinajstić information content (AvgIpc) is 2.73. The zero-order valence-electron chi connectivity index (χ0n) is 15.7. The Kier molecular flexibility index (Phi) is 6.73. The molecule has 3 rings (SSSR count). The molecule has 0 radical (unpaired) electrons. The van der Waals surface area contributed by atoms with E-state index in [1.165, 1.54) is 24.4 Å². The number of nitro benzene ring substituents is 2. The van der Waals surface area contributed by atoms with Gasteiger partial charge in [-0.05, 0) is 47.5 Å². The molecule has 11 heteroatoms. The molecular weight excluding hydrogens is 431 g/mol. The molecule has 0 atom stereocenters. The van der Waals surface area contributed by atoms with Gasteiger partial charge < -0.3 is 4.74 Å². The van der Waals surface area contributed by atoms with Crippen molar-refractivity contribution in [2.24, 2.45) is 5.10 Å². The summed E-state index contributed by atoms with van der Waals surface area (Å²) in [6.07, 6.45) is 1.37. The number of non-ortho nitro benzene ring substituents is 1. The normalized spacial score (nSPS) is 10.8. The minimum Gasteiger partial charge on any atom is -0.487 e. The maximum atomic E-state index is 13.2. The zero-order chi connectivity index (χ0) is 22.4. The number of hydrogen-bond donors (Lipinski definition) is 1. The number of halogens is 2. The average molecular weight is 445 g/mol. The maximum Gasteiger partial charge on any atom is 0.301 e. The van der Waals surface area contributed by atoms with E-state index in [0.29, 0.717) is 21.9 Å². The number of nitro groups is 2. The second-order valence-electron chi connectivity index (χ2n) is 6.19. The highest BCUT2D eigenvalue weighted by Crippen LogP contribution is 2.29. The van der Waals surface area contributed by atoms with Crippen LogP contribution in [0.15, 0.2) is 65.8 Å². The quantitative estimate of drug-likeness (QED) is 0.285. The lowest BCUT2D eigenvalue weighted by atomic mass is 10.2. The van der Waals surface area contributed by atoms with Gasteiger partial charge in [0.15, 0.2) is 0 Å². The van der Waals surface area contributed by atoms with Gasteiger partial charge in [-0.3, -0.25) is 25.7 Å². The number of hydrazone groups is 1. The third kappa shape index (κ3) is 5.73. The Bertz CT molecular complexity index is 1170. The van der Waals surface area contributed by atoms with E-state index in [1.807, 2.05) is 0 Å². The first-order valence-corrected chi connectivity index (χ1v) is 9.10. The highest BCUT2D eigenvalue weighted by molar-refractivity contribution is 6.32. The largest absolute Gasteiger partial charge is 0.487 e. The van der Waals surface area contributed by atoms with Gasteiger partial charge in [-0.25, -0.2) is 4.39 Å². The lowest BCUT2D eigenvalue weighted by Crippen LogP contribution is -1.99. The van der Waals surface area contributed by atoms with E-state index in [4.69, 9.17) is 16.3 Å². The van der Waals surface area contributed by atoms with E-state index in [0.717, 1.165) is 12.1 Å². The zero-order valence-corrected chi connectivity index (χ0v) is 16.5. The van der Waals surface area contributed by atoms with Crippen LogP contribution in [0.3, 0.4) is 0 Å². The smallest absolute Gasteiger partial charge is 0.301 e. The first kappa shape index (κ1) is 21.7. The maximum absolute atomic E-state index is 13.2. The van der Waals surface area contributed by atoms with Crippen molar-refractivity contribution in [3.8, 4) is 5.75 Å². The predicted molar refractivity (Wildman–Crippen MR) is 113 cm³/mol. The van der Waals surface area contributed by atoms with Gasteiger partial charge in [0, 0.05) is 6.07 Å². The van der Waals surface area contributed by atoms with Crippen molar-refractivity contribution in [1.82, 2.24) is 0 Å². The van der Waals surface area contributed by atoms with Crippen LogP contribution in [-0.2, 0) is 6.61 Å². The second kappa shape index (κ2) is 9.63. The number of hydrogen-bond acceptors (Lipinski definition) is 7.